The number of aliphatic hydroxyl groups is 2. The fourth-order valence-corrected chi connectivity index (χ4v) is 6.87. The zero-order valence-electron chi connectivity index (χ0n) is 21.4. The van der Waals surface area contributed by atoms with Gasteiger partial charge in [-0.15, -0.1) is 0 Å². The fraction of sp³-hybridized carbons (Fsp3) is 0.700. The molecule has 4 rings (SSSR count). The molecule has 6 atom stereocenters. The average molecular weight is 469 g/mol. The molecule has 0 heterocycles. The summed E-state index contributed by atoms with van der Waals surface area (Å²) in [5, 5.41) is 20.2. The Hall–Kier alpha value is -1.65. The van der Waals surface area contributed by atoms with E-state index >= 15 is 0 Å². The predicted octanol–water partition coefficient (Wildman–Crippen LogP) is 6.20. The van der Waals surface area contributed by atoms with Gasteiger partial charge in [-0.05, 0) is 86.2 Å². The van der Waals surface area contributed by atoms with Crippen LogP contribution in [0.4, 0.5) is 0 Å². The third-order valence-corrected chi connectivity index (χ3v) is 9.49. The zero-order valence-corrected chi connectivity index (χ0v) is 21.4. The SMILES string of the molecule is C=C1/C(=C/C=C2/CCCC3(C)C(C/C=C/CC(OC(C)=O)C4(C)CC4)CCC23)CC(O)CC1O. The predicted molar refractivity (Wildman–Crippen MR) is 136 cm³/mol. The van der Waals surface area contributed by atoms with Gasteiger partial charge in [0.25, 0.3) is 0 Å². The van der Waals surface area contributed by atoms with Crippen molar-refractivity contribution in [2.24, 2.45) is 22.7 Å². The summed E-state index contributed by atoms with van der Waals surface area (Å²) < 4.78 is 5.63. The van der Waals surface area contributed by atoms with Crippen LogP contribution in [0, 0.1) is 22.7 Å². The lowest BCUT2D eigenvalue weighted by atomic mass is 9.63. The summed E-state index contributed by atoms with van der Waals surface area (Å²) >= 11 is 0. The summed E-state index contributed by atoms with van der Waals surface area (Å²) in [6, 6.07) is 0. The maximum Gasteiger partial charge on any atom is 0.302 e. The highest BCUT2D eigenvalue weighted by atomic mass is 16.5. The number of hydrogen-bond acceptors (Lipinski definition) is 4. The van der Waals surface area contributed by atoms with Gasteiger partial charge in [0.05, 0.1) is 12.2 Å². The summed E-state index contributed by atoms with van der Waals surface area (Å²) in [6.07, 6.45) is 19.3. The number of rotatable bonds is 7. The monoisotopic (exact) mass is 468 g/mol. The van der Waals surface area contributed by atoms with Gasteiger partial charge in [-0.1, -0.05) is 50.3 Å². The maximum atomic E-state index is 11.5. The lowest BCUT2D eigenvalue weighted by molar-refractivity contribution is -0.149. The van der Waals surface area contributed by atoms with Gasteiger partial charge in [0.2, 0.25) is 0 Å². The molecule has 6 unspecified atom stereocenters. The standard InChI is InChI=1S/C30H44O4/c1-20-23(18-25(32)19-27(20)33)12-11-22-8-7-15-30(4)24(13-14-26(22)30)9-5-6-10-28(34-21(2)31)29(3)16-17-29/h5-6,11-12,24-28,32-33H,1,7-10,13-19H2,2-4H3/b6-5+,22-11-,23-12+. The van der Waals surface area contributed by atoms with Crippen LogP contribution in [0.5, 0.6) is 0 Å². The van der Waals surface area contributed by atoms with Gasteiger partial charge in [0.1, 0.15) is 6.10 Å². The topological polar surface area (TPSA) is 66.8 Å². The molecule has 0 aromatic carbocycles. The van der Waals surface area contributed by atoms with E-state index in [1.165, 1.54) is 38.2 Å². The summed E-state index contributed by atoms with van der Waals surface area (Å²) in [4.78, 5) is 11.5. The van der Waals surface area contributed by atoms with Crippen LogP contribution in [0.25, 0.3) is 0 Å². The highest BCUT2D eigenvalue weighted by molar-refractivity contribution is 5.66. The van der Waals surface area contributed by atoms with Gasteiger partial charge in [0.15, 0.2) is 0 Å². The van der Waals surface area contributed by atoms with Crippen molar-refractivity contribution in [3.63, 3.8) is 0 Å². The van der Waals surface area contributed by atoms with Crippen LogP contribution in [0.1, 0.15) is 91.4 Å². The number of hydrogen-bond donors (Lipinski definition) is 2. The van der Waals surface area contributed by atoms with Crippen LogP contribution in [-0.4, -0.2) is 34.5 Å². The second-order valence-electron chi connectivity index (χ2n) is 11.9. The molecule has 4 nitrogen and oxygen atoms in total. The van der Waals surface area contributed by atoms with E-state index in [4.69, 9.17) is 4.74 Å². The van der Waals surface area contributed by atoms with Crippen molar-refractivity contribution in [1.82, 2.24) is 0 Å². The molecular weight excluding hydrogens is 424 g/mol. The first-order valence-corrected chi connectivity index (χ1v) is 13.4. The van der Waals surface area contributed by atoms with E-state index in [1.807, 2.05) is 0 Å². The Labute approximate surface area is 205 Å². The van der Waals surface area contributed by atoms with Gasteiger partial charge >= 0.3 is 5.97 Å². The number of esters is 1. The number of aliphatic hydroxyl groups excluding tert-OH is 2. The van der Waals surface area contributed by atoms with Crippen molar-refractivity contribution in [3.05, 3.63) is 47.6 Å². The van der Waals surface area contributed by atoms with E-state index in [0.717, 1.165) is 43.3 Å². The number of ether oxygens (including phenoxy) is 1. The number of allylic oxidation sites excluding steroid dienone is 4. The molecule has 0 bridgehead atoms. The largest absolute Gasteiger partial charge is 0.462 e. The first-order chi connectivity index (χ1) is 16.1. The number of fused-ring (bicyclic) bond motifs is 1. The third-order valence-electron chi connectivity index (χ3n) is 9.49. The molecular formula is C30H44O4. The smallest absolute Gasteiger partial charge is 0.302 e. The molecule has 4 saturated carbocycles. The molecule has 0 saturated heterocycles. The molecule has 0 amide bonds. The van der Waals surface area contributed by atoms with E-state index in [-0.39, 0.29) is 17.5 Å². The van der Waals surface area contributed by atoms with Crippen LogP contribution in [-0.2, 0) is 9.53 Å². The van der Waals surface area contributed by atoms with Crippen molar-refractivity contribution in [3.8, 4) is 0 Å². The first-order valence-electron chi connectivity index (χ1n) is 13.4. The molecule has 4 fully saturated rings. The van der Waals surface area contributed by atoms with Crippen LogP contribution < -0.4 is 0 Å². The summed E-state index contributed by atoms with van der Waals surface area (Å²) in [6.45, 7) is 10.3. The summed E-state index contributed by atoms with van der Waals surface area (Å²) in [5.74, 6) is 1.12. The number of carbonyl (C=O) groups is 1. The van der Waals surface area contributed by atoms with E-state index in [9.17, 15) is 15.0 Å². The summed E-state index contributed by atoms with van der Waals surface area (Å²) in [7, 11) is 0. The van der Waals surface area contributed by atoms with Crippen LogP contribution in [0.2, 0.25) is 0 Å². The zero-order chi connectivity index (χ0) is 24.5. The Kier molecular flexibility index (Phi) is 7.59. The van der Waals surface area contributed by atoms with Crippen molar-refractivity contribution in [2.75, 3.05) is 0 Å². The van der Waals surface area contributed by atoms with Crippen LogP contribution in [0.3, 0.4) is 0 Å². The van der Waals surface area contributed by atoms with Crippen LogP contribution >= 0.6 is 0 Å². The van der Waals surface area contributed by atoms with Gasteiger partial charge in [-0.2, -0.15) is 0 Å². The molecule has 2 N–H and O–H groups in total. The minimum absolute atomic E-state index is 0.0111. The second-order valence-corrected chi connectivity index (χ2v) is 11.9. The molecule has 0 spiro atoms. The fourth-order valence-electron chi connectivity index (χ4n) is 6.87. The quantitative estimate of drug-likeness (QED) is 0.345. The molecule has 0 aliphatic heterocycles. The molecule has 0 aromatic rings. The lowest BCUT2D eigenvalue weighted by Crippen LogP contribution is -2.33. The van der Waals surface area contributed by atoms with Crippen LogP contribution in [0.15, 0.2) is 47.6 Å². The highest BCUT2D eigenvalue weighted by Gasteiger charge is 2.49. The molecule has 0 aromatic heterocycles. The van der Waals surface area contributed by atoms with Crippen molar-refractivity contribution in [2.45, 2.75) is 110 Å². The summed E-state index contributed by atoms with van der Waals surface area (Å²) in [5.41, 5.74) is 3.80. The van der Waals surface area contributed by atoms with Crippen molar-refractivity contribution in [1.29, 1.82) is 0 Å². The Morgan fingerprint density at radius 1 is 1.18 bits per heavy atom. The Bertz CT molecular complexity index is 876. The van der Waals surface area contributed by atoms with Gasteiger partial charge in [0, 0.05) is 25.2 Å². The van der Waals surface area contributed by atoms with E-state index in [2.05, 4.69) is 44.7 Å². The third kappa shape index (κ3) is 5.44. The molecule has 188 valence electrons. The van der Waals surface area contributed by atoms with E-state index < -0.39 is 12.2 Å². The highest BCUT2D eigenvalue weighted by Crippen LogP contribution is 2.58. The van der Waals surface area contributed by atoms with E-state index in [0.29, 0.717) is 30.1 Å². The number of carbonyl (C=O) groups excluding carboxylic acids is 1. The van der Waals surface area contributed by atoms with Crippen molar-refractivity contribution >= 4 is 5.97 Å². The Morgan fingerprint density at radius 2 is 1.94 bits per heavy atom. The average Bonchev–Trinajstić information content (AvgIpc) is 3.43. The minimum Gasteiger partial charge on any atom is -0.462 e. The Balaban J connectivity index is 1.39. The first kappa shape index (κ1) is 25.4. The Morgan fingerprint density at radius 3 is 2.65 bits per heavy atom. The van der Waals surface area contributed by atoms with Crippen molar-refractivity contribution < 1.29 is 19.7 Å². The molecule has 4 aliphatic rings. The van der Waals surface area contributed by atoms with E-state index in [1.54, 1.807) is 0 Å². The maximum absolute atomic E-state index is 11.5. The molecule has 4 heteroatoms. The molecule has 4 aliphatic carbocycles. The second kappa shape index (κ2) is 10.1. The molecule has 0 radical (unpaired) electrons. The lowest BCUT2D eigenvalue weighted by Gasteiger charge is -2.42. The van der Waals surface area contributed by atoms with Gasteiger partial charge < -0.3 is 14.9 Å². The minimum atomic E-state index is -0.629. The van der Waals surface area contributed by atoms with Gasteiger partial charge in [-0.25, -0.2) is 0 Å². The van der Waals surface area contributed by atoms with Gasteiger partial charge in [-0.3, -0.25) is 4.79 Å². The molecule has 34 heavy (non-hydrogen) atoms. The normalized spacial score (nSPS) is 38.3.